The lowest BCUT2D eigenvalue weighted by Crippen LogP contribution is -2.52. The van der Waals surface area contributed by atoms with Gasteiger partial charge in [-0.1, -0.05) is 60.7 Å². The summed E-state index contributed by atoms with van der Waals surface area (Å²) in [4.78, 5) is 25.2. The maximum atomic E-state index is 12.4. The molecule has 0 fully saturated rings. The molecule has 0 aliphatic rings. The number of guanidine groups is 1. The molecule has 1 atom stereocenters. The zero-order chi connectivity index (χ0) is 20.4. The van der Waals surface area contributed by atoms with Crippen LogP contribution in [0.1, 0.15) is 18.1 Å². The van der Waals surface area contributed by atoms with Crippen molar-refractivity contribution in [3.8, 4) is 0 Å². The minimum absolute atomic E-state index is 0.0000551. The predicted octanol–water partition coefficient (Wildman–Crippen LogP) is 2.87. The Hall–Kier alpha value is -3.39. The fraction of sp³-hybridized carbons (Fsp3) is 0.250. The number of nitrogens with one attached hydrogen (secondary N) is 2. The molecule has 3 N–H and O–H groups in total. The molecule has 2 amide bonds. The van der Waals surface area contributed by atoms with Crippen LogP contribution in [0.15, 0.2) is 60.7 Å². The number of rotatable bonds is 6. The van der Waals surface area contributed by atoms with Crippen molar-refractivity contribution in [1.29, 1.82) is 5.41 Å². The lowest BCUT2D eigenvalue weighted by atomic mass is 10.2. The summed E-state index contributed by atoms with van der Waals surface area (Å²) in [6, 6.07) is 17.3. The van der Waals surface area contributed by atoms with E-state index in [2.05, 4.69) is 5.32 Å². The largest absolute Gasteiger partial charge is 0.444 e. The fourth-order valence-electron chi connectivity index (χ4n) is 2.28. The second-order valence-electron chi connectivity index (χ2n) is 5.98. The molecule has 2 rings (SSSR count). The van der Waals surface area contributed by atoms with E-state index in [9.17, 15) is 14.7 Å². The number of hydrogen-bond donors (Lipinski definition) is 3. The minimum atomic E-state index is -0.889. The molecule has 8 heteroatoms. The summed E-state index contributed by atoms with van der Waals surface area (Å²) in [6.07, 6.45) is -1.75. The van der Waals surface area contributed by atoms with Crippen LogP contribution >= 0.6 is 0 Å². The van der Waals surface area contributed by atoms with E-state index in [1.54, 1.807) is 24.3 Å². The number of carbonyl (C=O) groups excluding carboxylic acids is 2. The SMILES string of the molecule is CC(CO)N(C(=N)NC(=O)OCc1ccccc1)C(=O)OCc1ccccc1. The number of aliphatic hydroxyl groups excluding tert-OH is 1. The average Bonchev–Trinajstić information content (AvgIpc) is 2.72. The molecule has 0 saturated heterocycles. The van der Waals surface area contributed by atoms with E-state index in [-0.39, 0.29) is 13.2 Å². The van der Waals surface area contributed by atoms with Crippen LogP contribution in [0.5, 0.6) is 0 Å². The van der Waals surface area contributed by atoms with Gasteiger partial charge in [-0.05, 0) is 18.1 Å². The highest BCUT2D eigenvalue weighted by molar-refractivity contribution is 6.00. The topological polar surface area (TPSA) is 112 Å². The highest BCUT2D eigenvalue weighted by atomic mass is 16.6. The molecule has 0 aromatic heterocycles. The molecule has 28 heavy (non-hydrogen) atoms. The van der Waals surface area contributed by atoms with Crippen LogP contribution in [0, 0.1) is 5.41 Å². The van der Waals surface area contributed by atoms with E-state index in [1.165, 1.54) is 6.92 Å². The van der Waals surface area contributed by atoms with Gasteiger partial charge in [0.1, 0.15) is 13.2 Å². The molecule has 1 unspecified atom stereocenters. The highest BCUT2D eigenvalue weighted by Gasteiger charge is 2.27. The molecule has 2 aromatic carbocycles. The maximum absolute atomic E-state index is 12.4. The van der Waals surface area contributed by atoms with E-state index in [0.29, 0.717) is 0 Å². The van der Waals surface area contributed by atoms with Crippen molar-refractivity contribution < 1.29 is 24.2 Å². The molecule has 0 radical (unpaired) electrons. The Balaban J connectivity index is 1.92. The number of nitrogens with zero attached hydrogens (tertiary/aromatic N) is 1. The molecular weight excluding hydrogens is 362 g/mol. The molecule has 148 valence electrons. The summed E-state index contributed by atoms with van der Waals surface area (Å²) in [5.74, 6) is -0.544. The zero-order valence-electron chi connectivity index (χ0n) is 15.5. The molecule has 0 aliphatic carbocycles. The van der Waals surface area contributed by atoms with Crippen molar-refractivity contribution in [1.82, 2.24) is 10.2 Å². The van der Waals surface area contributed by atoms with Gasteiger partial charge in [0.2, 0.25) is 5.96 Å². The van der Waals surface area contributed by atoms with Crippen molar-refractivity contribution >= 4 is 18.1 Å². The van der Waals surface area contributed by atoms with Gasteiger partial charge in [-0.15, -0.1) is 0 Å². The molecule has 0 bridgehead atoms. The third-order valence-corrected chi connectivity index (χ3v) is 3.78. The van der Waals surface area contributed by atoms with Gasteiger partial charge < -0.3 is 14.6 Å². The monoisotopic (exact) mass is 385 g/mol. The van der Waals surface area contributed by atoms with Gasteiger partial charge in [-0.25, -0.2) is 14.5 Å². The summed E-state index contributed by atoms with van der Waals surface area (Å²) in [7, 11) is 0. The predicted molar refractivity (Wildman–Crippen MR) is 103 cm³/mol. The van der Waals surface area contributed by atoms with Crippen LogP contribution in [0.3, 0.4) is 0 Å². The summed E-state index contributed by atoms with van der Waals surface area (Å²) in [5.41, 5.74) is 1.56. The highest BCUT2D eigenvalue weighted by Crippen LogP contribution is 2.07. The first-order valence-electron chi connectivity index (χ1n) is 8.68. The van der Waals surface area contributed by atoms with Crippen molar-refractivity contribution in [2.24, 2.45) is 0 Å². The fourth-order valence-corrected chi connectivity index (χ4v) is 2.28. The van der Waals surface area contributed by atoms with Gasteiger partial charge >= 0.3 is 12.2 Å². The Morgan fingerprint density at radius 3 is 2.00 bits per heavy atom. The third kappa shape index (κ3) is 6.40. The number of benzene rings is 2. The Bertz CT molecular complexity index is 783. The van der Waals surface area contributed by atoms with Crippen molar-refractivity contribution in [3.63, 3.8) is 0 Å². The first-order chi connectivity index (χ1) is 13.5. The minimum Gasteiger partial charge on any atom is -0.444 e. The first-order valence-corrected chi connectivity index (χ1v) is 8.68. The summed E-state index contributed by atoms with van der Waals surface area (Å²) >= 11 is 0. The first kappa shape index (κ1) is 20.9. The van der Waals surface area contributed by atoms with Crippen LogP contribution in [-0.2, 0) is 22.7 Å². The van der Waals surface area contributed by atoms with Crippen LogP contribution in [0.4, 0.5) is 9.59 Å². The van der Waals surface area contributed by atoms with Crippen LogP contribution < -0.4 is 5.32 Å². The van der Waals surface area contributed by atoms with Gasteiger partial charge in [0.05, 0.1) is 12.6 Å². The lowest BCUT2D eigenvalue weighted by molar-refractivity contribution is 0.0937. The number of hydrogen-bond acceptors (Lipinski definition) is 6. The molecule has 0 aliphatic heterocycles. The van der Waals surface area contributed by atoms with Gasteiger partial charge in [0.15, 0.2) is 0 Å². The number of alkyl carbamates (subject to hydrolysis) is 1. The van der Waals surface area contributed by atoms with Crippen LogP contribution in [0.25, 0.3) is 0 Å². The number of carbonyl (C=O) groups is 2. The van der Waals surface area contributed by atoms with Crippen LogP contribution in [-0.4, -0.2) is 40.8 Å². The quantitative estimate of drug-likeness (QED) is 0.523. The Morgan fingerprint density at radius 2 is 1.50 bits per heavy atom. The third-order valence-electron chi connectivity index (χ3n) is 3.78. The van der Waals surface area contributed by atoms with E-state index < -0.39 is 30.8 Å². The van der Waals surface area contributed by atoms with E-state index in [4.69, 9.17) is 14.9 Å². The van der Waals surface area contributed by atoms with Gasteiger partial charge in [0, 0.05) is 0 Å². The maximum Gasteiger partial charge on any atom is 0.417 e. The van der Waals surface area contributed by atoms with E-state index >= 15 is 0 Å². The lowest BCUT2D eigenvalue weighted by Gasteiger charge is -2.27. The zero-order valence-corrected chi connectivity index (χ0v) is 15.5. The number of amides is 2. The van der Waals surface area contributed by atoms with Gasteiger partial charge in [-0.3, -0.25) is 10.7 Å². The molecule has 0 saturated carbocycles. The summed E-state index contributed by atoms with van der Waals surface area (Å²) in [6.45, 7) is 1.13. The Kier molecular flexibility index (Phi) is 7.98. The normalized spacial score (nSPS) is 11.2. The van der Waals surface area contributed by atoms with Gasteiger partial charge in [0.25, 0.3) is 0 Å². The summed E-state index contributed by atoms with van der Waals surface area (Å²) < 4.78 is 10.2. The molecule has 2 aromatic rings. The van der Waals surface area contributed by atoms with E-state index in [0.717, 1.165) is 16.0 Å². The Morgan fingerprint density at radius 1 is 1.00 bits per heavy atom. The summed E-state index contributed by atoms with van der Waals surface area (Å²) in [5, 5.41) is 19.6. The Labute approximate surface area is 163 Å². The standard InChI is InChI=1S/C20H23N3O5/c1-15(12-24)23(20(26)28-14-17-10-6-3-7-11-17)18(21)22-19(25)27-13-16-8-4-2-5-9-16/h2-11,15,24H,12-14H2,1H3,(H2,21,22,25). The smallest absolute Gasteiger partial charge is 0.417 e. The van der Waals surface area contributed by atoms with Gasteiger partial charge in [-0.2, -0.15) is 0 Å². The second kappa shape index (κ2) is 10.7. The number of aliphatic hydroxyl groups is 1. The van der Waals surface area contributed by atoms with Crippen molar-refractivity contribution in [2.75, 3.05) is 6.61 Å². The molecule has 0 heterocycles. The van der Waals surface area contributed by atoms with Crippen molar-refractivity contribution in [3.05, 3.63) is 71.8 Å². The second-order valence-corrected chi connectivity index (χ2v) is 5.98. The number of ether oxygens (including phenoxy) is 2. The average molecular weight is 385 g/mol. The molecule has 8 nitrogen and oxygen atoms in total. The van der Waals surface area contributed by atoms with Crippen LogP contribution in [0.2, 0.25) is 0 Å². The molecule has 0 spiro atoms. The molecular formula is C20H23N3O5. The van der Waals surface area contributed by atoms with E-state index in [1.807, 2.05) is 36.4 Å². The van der Waals surface area contributed by atoms with Crippen molar-refractivity contribution in [2.45, 2.75) is 26.2 Å².